The molecule has 142 valence electrons. The molecule has 9 nitrogen and oxygen atoms in total. The molecule has 0 aliphatic heterocycles. The van der Waals surface area contributed by atoms with Gasteiger partial charge in [0.2, 0.25) is 11.0 Å². The number of hydrogen-bond donors (Lipinski definition) is 1. The Morgan fingerprint density at radius 3 is 2.85 bits per heavy atom. The number of amides is 1. The summed E-state index contributed by atoms with van der Waals surface area (Å²) in [6.07, 6.45) is 1.75. The molecule has 2 rings (SSSR count). The van der Waals surface area contributed by atoms with Crippen molar-refractivity contribution in [3.8, 4) is 0 Å². The molecule has 2 aromatic heterocycles. The van der Waals surface area contributed by atoms with Gasteiger partial charge in [-0.25, -0.2) is 0 Å². The molecular weight excluding hydrogens is 396 g/mol. The summed E-state index contributed by atoms with van der Waals surface area (Å²) in [4.78, 5) is 12.1. The van der Waals surface area contributed by atoms with Crippen molar-refractivity contribution in [3.63, 3.8) is 0 Å². The monoisotopic (exact) mass is 416 g/mol. The molecular formula is C14H20N6O3S3. The van der Waals surface area contributed by atoms with Crippen molar-refractivity contribution < 1.29 is 14.3 Å². The van der Waals surface area contributed by atoms with Crippen molar-refractivity contribution >= 4 is 45.9 Å². The SMILES string of the molecule is C=CCn1c(COC)nnc1SCC(=O)Nc1nnc(SCCOC)s1. The molecule has 0 aliphatic rings. The largest absolute Gasteiger partial charge is 0.384 e. The zero-order valence-corrected chi connectivity index (χ0v) is 17.0. The highest BCUT2D eigenvalue weighted by Gasteiger charge is 2.14. The van der Waals surface area contributed by atoms with Crippen LogP contribution < -0.4 is 5.32 Å². The molecule has 1 amide bonds. The van der Waals surface area contributed by atoms with E-state index in [9.17, 15) is 4.79 Å². The van der Waals surface area contributed by atoms with E-state index in [1.165, 1.54) is 34.9 Å². The molecule has 0 bridgehead atoms. The topological polar surface area (TPSA) is 104 Å². The second kappa shape index (κ2) is 11.3. The van der Waals surface area contributed by atoms with Crippen LogP contribution >= 0.6 is 34.9 Å². The van der Waals surface area contributed by atoms with Crippen LogP contribution in [-0.4, -0.2) is 63.2 Å². The van der Waals surface area contributed by atoms with E-state index in [4.69, 9.17) is 9.47 Å². The average Bonchev–Trinajstić information content (AvgIpc) is 3.22. The first-order valence-electron chi connectivity index (χ1n) is 7.57. The quantitative estimate of drug-likeness (QED) is 0.240. The summed E-state index contributed by atoms with van der Waals surface area (Å²) in [7, 11) is 3.25. The Morgan fingerprint density at radius 1 is 1.27 bits per heavy atom. The molecule has 0 spiro atoms. The number of nitrogens with zero attached hydrogens (tertiary/aromatic N) is 5. The van der Waals surface area contributed by atoms with Crippen LogP contribution in [0, 0.1) is 0 Å². The van der Waals surface area contributed by atoms with Crippen molar-refractivity contribution in [2.24, 2.45) is 0 Å². The molecule has 0 aromatic carbocycles. The number of methoxy groups -OCH3 is 2. The Kier molecular flexibility index (Phi) is 9.05. The van der Waals surface area contributed by atoms with Crippen LogP contribution in [-0.2, 0) is 27.4 Å². The molecule has 0 fully saturated rings. The van der Waals surface area contributed by atoms with Crippen molar-refractivity contribution in [1.82, 2.24) is 25.0 Å². The lowest BCUT2D eigenvalue weighted by atomic mass is 10.5. The molecule has 0 atom stereocenters. The van der Waals surface area contributed by atoms with Gasteiger partial charge in [0.1, 0.15) is 6.61 Å². The summed E-state index contributed by atoms with van der Waals surface area (Å²) in [5, 5.41) is 20.0. The van der Waals surface area contributed by atoms with E-state index in [0.717, 1.165) is 10.1 Å². The first-order valence-corrected chi connectivity index (χ1v) is 10.4. The Bertz CT molecular complexity index is 721. The van der Waals surface area contributed by atoms with E-state index in [2.05, 4.69) is 32.3 Å². The number of carbonyl (C=O) groups is 1. The van der Waals surface area contributed by atoms with Crippen LogP contribution in [0.4, 0.5) is 5.13 Å². The van der Waals surface area contributed by atoms with Gasteiger partial charge in [-0.2, -0.15) is 0 Å². The normalized spacial score (nSPS) is 10.8. The Labute approximate surface area is 164 Å². The van der Waals surface area contributed by atoms with E-state index in [1.54, 1.807) is 20.3 Å². The van der Waals surface area contributed by atoms with Gasteiger partial charge in [-0.1, -0.05) is 40.9 Å². The number of thioether (sulfide) groups is 2. The van der Waals surface area contributed by atoms with Crippen LogP contribution in [0.25, 0.3) is 0 Å². The number of carbonyl (C=O) groups excluding carboxylic acids is 1. The third kappa shape index (κ3) is 6.36. The van der Waals surface area contributed by atoms with E-state index in [0.29, 0.717) is 35.9 Å². The number of ether oxygens (including phenoxy) is 2. The lowest BCUT2D eigenvalue weighted by molar-refractivity contribution is -0.113. The minimum atomic E-state index is -0.180. The lowest BCUT2D eigenvalue weighted by Gasteiger charge is -2.06. The van der Waals surface area contributed by atoms with E-state index in [1.807, 2.05) is 4.57 Å². The van der Waals surface area contributed by atoms with E-state index in [-0.39, 0.29) is 11.7 Å². The van der Waals surface area contributed by atoms with Gasteiger partial charge in [0.05, 0.1) is 12.4 Å². The van der Waals surface area contributed by atoms with Gasteiger partial charge in [-0.15, -0.1) is 27.0 Å². The Morgan fingerprint density at radius 2 is 2.12 bits per heavy atom. The fourth-order valence-electron chi connectivity index (χ4n) is 1.79. The van der Waals surface area contributed by atoms with Crippen LogP contribution in [0.1, 0.15) is 5.82 Å². The molecule has 26 heavy (non-hydrogen) atoms. The van der Waals surface area contributed by atoms with Gasteiger partial charge >= 0.3 is 0 Å². The molecule has 0 unspecified atom stereocenters. The number of anilines is 1. The third-order valence-corrected chi connectivity index (χ3v) is 5.78. The van der Waals surface area contributed by atoms with Crippen LogP contribution in [0.15, 0.2) is 22.2 Å². The molecule has 2 heterocycles. The fraction of sp³-hybridized carbons (Fsp3) is 0.500. The Balaban J connectivity index is 1.86. The summed E-state index contributed by atoms with van der Waals surface area (Å²) >= 11 is 4.17. The Hall–Kier alpha value is -1.47. The van der Waals surface area contributed by atoms with Crippen LogP contribution in [0.2, 0.25) is 0 Å². The van der Waals surface area contributed by atoms with E-state index < -0.39 is 0 Å². The van der Waals surface area contributed by atoms with E-state index >= 15 is 0 Å². The van der Waals surface area contributed by atoms with Crippen LogP contribution in [0.5, 0.6) is 0 Å². The second-order valence-electron chi connectivity index (χ2n) is 4.78. The minimum Gasteiger partial charge on any atom is -0.384 e. The summed E-state index contributed by atoms with van der Waals surface area (Å²) in [5.41, 5.74) is 0. The molecule has 0 saturated heterocycles. The van der Waals surface area contributed by atoms with Gasteiger partial charge < -0.3 is 14.0 Å². The van der Waals surface area contributed by atoms with Crippen molar-refractivity contribution in [1.29, 1.82) is 0 Å². The predicted molar refractivity (Wildman–Crippen MR) is 103 cm³/mol. The molecule has 0 radical (unpaired) electrons. The zero-order chi connectivity index (χ0) is 18.8. The smallest absolute Gasteiger partial charge is 0.236 e. The van der Waals surface area contributed by atoms with Gasteiger partial charge in [0.25, 0.3) is 0 Å². The minimum absolute atomic E-state index is 0.180. The molecule has 12 heteroatoms. The molecule has 1 N–H and O–H groups in total. The number of nitrogens with one attached hydrogen (secondary N) is 1. The maximum absolute atomic E-state index is 12.1. The lowest BCUT2D eigenvalue weighted by Crippen LogP contribution is -2.14. The molecule has 0 saturated carbocycles. The summed E-state index contributed by atoms with van der Waals surface area (Å²) in [6.45, 7) is 5.27. The van der Waals surface area contributed by atoms with Crippen molar-refractivity contribution in [2.45, 2.75) is 22.6 Å². The van der Waals surface area contributed by atoms with Crippen molar-refractivity contribution in [2.75, 3.05) is 37.6 Å². The maximum Gasteiger partial charge on any atom is 0.236 e. The molecule has 2 aromatic rings. The highest BCUT2D eigenvalue weighted by molar-refractivity contribution is 8.01. The maximum atomic E-state index is 12.1. The highest BCUT2D eigenvalue weighted by Crippen LogP contribution is 2.25. The fourth-order valence-corrected chi connectivity index (χ4v) is 4.30. The number of rotatable bonds is 12. The van der Waals surface area contributed by atoms with Crippen molar-refractivity contribution in [3.05, 3.63) is 18.5 Å². The summed E-state index contributed by atoms with van der Waals surface area (Å²) in [6, 6.07) is 0. The van der Waals surface area contributed by atoms with Gasteiger partial charge in [-0.3, -0.25) is 10.1 Å². The third-order valence-electron chi connectivity index (χ3n) is 2.88. The zero-order valence-electron chi connectivity index (χ0n) is 14.5. The first kappa shape index (κ1) is 20.8. The van der Waals surface area contributed by atoms with Gasteiger partial charge in [-0.05, 0) is 0 Å². The first-order chi connectivity index (χ1) is 12.7. The summed E-state index contributed by atoms with van der Waals surface area (Å²) < 4.78 is 12.7. The standard InChI is InChI=1S/C14H20N6O3S3/c1-4-5-20-10(8-23-3)16-18-13(20)25-9-11(21)15-12-17-19-14(26-12)24-7-6-22-2/h4H,1,5-9H2,2-3H3,(H,15,17,21). The number of allylic oxidation sites excluding steroid dienone is 1. The highest BCUT2D eigenvalue weighted by atomic mass is 32.2. The van der Waals surface area contributed by atoms with Gasteiger partial charge in [0, 0.05) is 26.5 Å². The molecule has 0 aliphatic carbocycles. The number of aromatic nitrogens is 5. The average molecular weight is 417 g/mol. The second-order valence-corrected chi connectivity index (χ2v) is 8.04. The summed E-state index contributed by atoms with van der Waals surface area (Å²) in [5.74, 6) is 1.49. The predicted octanol–water partition coefficient (Wildman–Crippen LogP) is 1.93. The number of hydrogen-bond acceptors (Lipinski definition) is 10. The van der Waals surface area contributed by atoms with Gasteiger partial charge in [0.15, 0.2) is 15.3 Å². The van der Waals surface area contributed by atoms with Crippen LogP contribution in [0.3, 0.4) is 0 Å².